The Kier molecular flexibility index (Phi) is 1.99. The molecule has 12 heavy (non-hydrogen) atoms. The van der Waals surface area contributed by atoms with Gasteiger partial charge >= 0.3 is 0 Å². The molecule has 0 spiro atoms. The number of pyridine rings is 1. The first-order chi connectivity index (χ1) is 5.52. The number of aromatic nitrogens is 1. The van der Waals surface area contributed by atoms with Gasteiger partial charge < -0.3 is 11.5 Å². The summed E-state index contributed by atoms with van der Waals surface area (Å²) in [5.74, 6) is -0.530. The van der Waals surface area contributed by atoms with Crippen LogP contribution in [0.1, 0.15) is 21.7 Å². The molecule has 1 rings (SSSR count). The minimum Gasteiger partial charge on any atom is -0.398 e. The van der Waals surface area contributed by atoms with Crippen LogP contribution >= 0.6 is 0 Å². The van der Waals surface area contributed by atoms with Gasteiger partial charge in [0.15, 0.2) is 0 Å². The molecule has 1 amide bonds. The summed E-state index contributed by atoms with van der Waals surface area (Å²) in [6, 6.07) is 1.63. The van der Waals surface area contributed by atoms with Gasteiger partial charge in [-0.05, 0) is 19.9 Å². The van der Waals surface area contributed by atoms with Crippen LogP contribution in [0.3, 0.4) is 0 Å². The maximum Gasteiger partial charge on any atom is 0.252 e. The van der Waals surface area contributed by atoms with E-state index in [0.29, 0.717) is 16.9 Å². The van der Waals surface area contributed by atoms with Crippen molar-refractivity contribution in [1.82, 2.24) is 4.98 Å². The van der Waals surface area contributed by atoms with E-state index < -0.39 is 5.91 Å². The molecule has 1 aromatic heterocycles. The zero-order chi connectivity index (χ0) is 9.30. The van der Waals surface area contributed by atoms with Crippen LogP contribution in [-0.2, 0) is 0 Å². The van der Waals surface area contributed by atoms with Crippen LogP contribution in [0.2, 0.25) is 0 Å². The monoisotopic (exact) mass is 165 g/mol. The molecule has 0 unspecified atom stereocenters. The van der Waals surface area contributed by atoms with Crippen molar-refractivity contribution in [2.45, 2.75) is 13.8 Å². The van der Waals surface area contributed by atoms with Gasteiger partial charge in [-0.2, -0.15) is 0 Å². The van der Waals surface area contributed by atoms with Crippen LogP contribution in [0.5, 0.6) is 0 Å². The summed E-state index contributed by atoms with van der Waals surface area (Å²) in [6.45, 7) is 3.53. The number of anilines is 1. The second-order valence-electron chi connectivity index (χ2n) is 2.68. The largest absolute Gasteiger partial charge is 0.398 e. The normalized spacial score (nSPS) is 9.83. The molecule has 4 N–H and O–H groups in total. The highest BCUT2D eigenvalue weighted by atomic mass is 16.1. The molecule has 1 aromatic rings. The van der Waals surface area contributed by atoms with Gasteiger partial charge in [0.1, 0.15) is 0 Å². The second-order valence-corrected chi connectivity index (χ2v) is 2.68. The zero-order valence-electron chi connectivity index (χ0n) is 7.09. The third kappa shape index (κ3) is 1.37. The number of hydrogen-bond donors (Lipinski definition) is 2. The standard InChI is InChI=1S/C8H11N3O/c1-4-3-6(9)7(8(10)12)5(2)11-4/h3H,1-2H3,(H2,9,11)(H2,10,12). The fourth-order valence-electron chi connectivity index (χ4n) is 1.18. The maximum atomic E-state index is 10.9. The quantitative estimate of drug-likeness (QED) is 0.631. The second kappa shape index (κ2) is 2.81. The summed E-state index contributed by atoms with van der Waals surface area (Å²) in [5, 5.41) is 0. The molecule has 0 aromatic carbocycles. The minimum atomic E-state index is -0.530. The Morgan fingerprint density at radius 3 is 2.50 bits per heavy atom. The summed E-state index contributed by atoms with van der Waals surface area (Å²) in [7, 11) is 0. The van der Waals surface area contributed by atoms with Crippen LogP contribution in [0, 0.1) is 13.8 Å². The molecule has 0 bridgehead atoms. The Morgan fingerprint density at radius 1 is 1.50 bits per heavy atom. The van der Waals surface area contributed by atoms with Crippen LogP contribution in [0.25, 0.3) is 0 Å². The van der Waals surface area contributed by atoms with Gasteiger partial charge in [0, 0.05) is 11.4 Å². The number of primary amides is 1. The number of hydrogen-bond acceptors (Lipinski definition) is 3. The first-order valence-corrected chi connectivity index (χ1v) is 3.56. The molecular weight excluding hydrogens is 154 g/mol. The molecule has 1 heterocycles. The Labute approximate surface area is 70.6 Å². The number of nitrogens with zero attached hydrogens (tertiary/aromatic N) is 1. The Balaban J connectivity index is 3.38. The Hall–Kier alpha value is -1.58. The van der Waals surface area contributed by atoms with Crippen molar-refractivity contribution in [2.24, 2.45) is 5.73 Å². The SMILES string of the molecule is Cc1cc(N)c(C(N)=O)c(C)n1. The van der Waals surface area contributed by atoms with Crippen LogP contribution in [0.4, 0.5) is 5.69 Å². The van der Waals surface area contributed by atoms with E-state index in [1.165, 1.54) is 0 Å². The molecule has 0 aliphatic carbocycles. The van der Waals surface area contributed by atoms with Crippen molar-refractivity contribution >= 4 is 11.6 Å². The van der Waals surface area contributed by atoms with E-state index in [9.17, 15) is 4.79 Å². The predicted molar refractivity (Wildman–Crippen MR) is 46.6 cm³/mol. The number of rotatable bonds is 1. The molecule has 0 radical (unpaired) electrons. The Morgan fingerprint density at radius 2 is 2.08 bits per heavy atom. The highest BCUT2D eigenvalue weighted by Gasteiger charge is 2.10. The molecule has 4 heteroatoms. The van der Waals surface area contributed by atoms with Crippen molar-refractivity contribution in [3.8, 4) is 0 Å². The smallest absolute Gasteiger partial charge is 0.252 e. The summed E-state index contributed by atoms with van der Waals surface area (Å²) in [5.41, 5.74) is 12.8. The fourth-order valence-corrected chi connectivity index (χ4v) is 1.18. The van der Waals surface area contributed by atoms with Gasteiger partial charge in [0.2, 0.25) is 0 Å². The number of nitrogens with two attached hydrogens (primary N) is 2. The molecule has 0 saturated carbocycles. The summed E-state index contributed by atoms with van der Waals surface area (Å²) in [4.78, 5) is 14.9. The topological polar surface area (TPSA) is 82.0 Å². The number of amides is 1. The van der Waals surface area contributed by atoms with E-state index in [0.717, 1.165) is 5.69 Å². The molecule has 4 nitrogen and oxygen atoms in total. The summed E-state index contributed by atoms with van der Waals surface area (Å²) >= 11 is 0. The number of carbonyl (C=O) groups is 1. The van der Waals surface area contributed by atoms with Crippen LogP contribution in [-0.4, -0.2) is 10.9 Å². The molecule has 64 valence electrons. The van der Waals surface area contributed by atoms with Gasteiger partial charge in [-0.1, -0.05) is 0 Å². The molecule has 0 aliphatic heterocycles. The van der Waals surface area contributed by atoms with Crippen LogP contribution in [0.15, 0.2) is 6.07 Å². The molecule has 0 fully saturated rings. The molecular formula is C8H11N3O. The predicted octanol–water partition coefficient (Wildman–Crippen LogP) is 0.380. The first-order valence-electron chi connectivity index (χ1n) is 3.56. The number of aryl methyl sites for hydroxylation is 2. The van der Waals surface area contributed by atoms with Gasteiger partial charge in [-0.3, -0.25) is 9.78 Å². The highest BCUT2D eigenvalue weighted by Crippen LogP contribution is 2.14. The van der Waals surface area contributed by atoms with Crippen molar-refractivity contribution in [3.05, 3.63) is 23.0 Å². The molecule has 0 atom stereocenters. The van der Waals surface area contributed by atoms with Gasteiger partial charge in [-0.15, -0.1) is 0 Å². The number of nitrogen functional groups attached to an aromatic ring is 1. The fraction of sp³-hybridized carbons (Fsp3) is 0.250. The average Bonchev–Trinajstić information content (AvgIpc) is 1.82. The van der Waals surface area contributed by atoms with Gasteiger partial charge in [0.05, 0.1) is 11.3 Å². The van der Waals surface area contributed by atoms with Crippen LogP contribution < -0.4 is 11.5 Å². The van der Waals surface area contributed by atoms with Crippen molar-refractivity contribution in [3.63, 3.8) is 0 Å². The van der Waals surface area contributed by atoms with E-state index in [1.807, 2.05) is 6.92 Å². The van der Waals surface area contributed by atoms with Crippen molar-refractivity contribution < 1.29 is 4.79 Å². The Bertz CT molecular complexity index is 310. The van der Waals surface area contributed by atoms with E-state index >= 15 is 0 Å². The van der Waals surface area contributed by atoms with Crippen molar-refractivity contribution in [1.29, 1.82) is 0 Å². The maximum absolute atomic E-state index is 10.9. The minimum absolute atomic E-state index is 0.320. The first kappa shape index (κ1) is 8.52. The lowest BCUT2D eigenvalue weighted by atomic mass is 10.1. The average molecular weight is 165 g/mol. The third-order valence-electron chi connectivity index (χ3n) is 1.61. The van der Waals surface area contributed by atoms with E-state index in [-0.39, 0.29) is 0 Å². The van der Waals surface area contributed by atoms with Gasteiger partial charge in [-0.25, -0.2) is 0 Å². The van der Waals surface area contributed by atoms with E-state index in [4.69, 9.17) is 11.5 Å². The van der Waals surface area contributed by atoms with E-state index in [2.05, 4.69) is 4.98 Å². The number of carbonyl (C=O) groups excluding carboxylic acids is 1. The summed E-state index contributed by atoms with van der Waals surface area (Å²) < 4.78 is 0. The lowest BCUT2D eigenvalue weighted by Gasteiger charge is -2.05. The van der Waals surface area contributed by atoms with Gasteiger partial charge in [0.25, 0.3) is 5.91 Å². The molecule has 0 aliphatic rings. The zero-order valence-corrected chi connectivity index (χ0v) is 7.09. The van der Waals surface area contributed by atoms with Crippen molar-refractivity contribution in [2.75, 3.05) is 5.73 Å². The summed E-state index contributed by atoms with van der Waals surface area (Å²) in [6.07, 6.45) is 0. The lowest BCUT2D eigenvalue weighted by molar-refractivity contribution is 0.1000. The lowest BCUT2D eigenvalue weighted by Crippen LogP contribution is -2.16. The highest BCUT2D eigenvalue weighted by molar-refractivity contribution is 5.98. The third-order valence-corrected chi connectivity index (χ3v) is 1.61. The van der Waals surface area contributed by atoms with E-state index in [1.54, 1.807) is 13.0 Å². The molecule has 0 saturated heterocycles.